The van der Waals surface area contributed by atoms with Crippen LogP contribution in [0.1, 0.15) is 78.0 Å². The number of rotatable bonds is 4. The highest BCUT2D eigenvalue weighted by Crippen LogP contribution is 2.62. The number of hydrogen-bond acceptors (Lipinski definition) is 6. The van der Waals surface area contributed by atoms with E-state index in [9.17, 15) is 0 Å². The van der Waals surface area contributed by atoms with Crippen LogP contribution in [0.4, 0.5) is 5.69 Å². The molecule has 30 heavy (non-hydrogen) atoms. The zero-order valence-electron chi connectivity index (χ0n) is 19.5. The zero-order valence-corrected chi connectivity index (χ0v) is 23.5. The van der Waals surface area contributed by atoms with Gasteiger partial charge >= 0.3 is 0 Å². The van der Waals surface area contributed by atoms with Crippen molar-refractivity contribution in [3.63, 3.8) is 0 Å². The normalized spacial score (nSPS) is 18.8. The molecule has 1 atom stereocenters. The molecular weight excluding hydrogens is 463 g/mol. The first-order chi connectivity index (χ1) is 13.7. The summed E-state index contributed by atoms with van der Waals surface area (Å²) in [7, 11) is 0. The molecule has 164 valence electrons. The second-order valence-corrected chi connectivity index (χ2v) is 18.9. The maximum atomic E-state index is 5.13. The van der Waals surface area contributed by atoms with E-state index in [1.165, 1.54) is 24.6 Å². The average Bonchev–Trinajstić information content (AvgIpc) is 3.04. The van der Waals surface area contributed by atoms with Crippen LogP contribution in [0.25, 0.3) is 0 Å². The number of aliphatic imine (C=N–C) groups is 1. The highest BCUT2D eigenvalue weighted by atomic mass is 32.2. The monoisotopic (exact) mass is 495 g/mol. The summed E-state index contributed by atoms with van der Waals surface area (Å²) in [5.74, 6) is 0. The predicted octanol–water partition coefficient (Wildman–Crippen LogP) is 9.88. The highest BCUT2D eigenvalue weighted by Gasteiger charge is 2.40. The Kier molecular flexibility index (Phi) is 7.46. The summed E-state index contributed by atoms with van der Waals surface area (Å²) in [5, 5.41) is 1.18. The van der Waals surface area contributed by atoms with Crippen molar-refractivity contribution in [2.45, 2.75) is 89.6 Å². The number of thiophene rings is 1. The fraction of sp³-hybridized carbons (Fsp3) is 0.542. The van der Waals surface area contributed by atoms with E-state index in [2.05, 4.69) is 104 Å². The minimum absolute atomic E-state index is 0.167. The SMILES string of the molecule is CC(C)(C)Sc1sc(SC(C)(C)C)c2c1C(=Nc1ccccc1)SC2SC(C)(C)C. The highest BCUT2D eigenvalue weighted by molar-refractivity contribution is 8.25. The van der Waals surface area contributed by atoms with Gasteiger partial charge in [0.25, 0.3) is 0 Å². The van der Waals surface area contributed by atoms with Crippen LogP contribution in [-0.2, 0) is 0 Å². The zero-order chi connectivity index (χ0) is 22.3. The van der Waals surface area contributed by atoms with E-state index in [4.69, 9.17) is 4.99 Å². The topological polar surface area (TPSA) is 12.4 Å². The second kappa shape index (κ2) is 9.09. The maximum Gasteiger partial charge on any atom is 0.108 e. The van der Waals surface area contributed by atoms with Gasteiger partial charge in [-0.3, -0.25) is 0 Å². The van der Waals surface area contributed by atoms with Crippen molar-refractivity contribution in [3.05, 3.63) is 41.5 Å². The number of para-hydroxylation sites is 1. The minimum atomic E-state index is 0.167. The summed E-state index contributed by atoms with van der Waals surface area (Å²) < 4.78 is 3.82. The largest absolute Gasteiger partial charge is 0.241 e. The molecule has 1 nitrogen and oxygen atoms in total. The van der Waals surface area contributed by atoms with Gasteiger partial charge < -0.3 is 0 Å². The Morgan fingerprint density at radius 1 is 0.767 bits per heavy atom. The molecule has 0 N–H and O–H groups in total. The third-order valence-corrected chi connectivity index (χ3v) is 10.3. The van der Waals surface area contributed by atoms with Crippen molar-refractivity contribution in [2.24, 2.45) is 4.99 Å². The molecule has 0 saturated carbocycles. The van der Waals surface area contributed by atoms with Gasteiger partial charge in [-0.15, -0.1) is 46.6 Å². The van der Waals surface area contributed by atoms with E-state index < -0.39 is 0 Å². The number of thioether (sulfide) groups is 4. The van der Waals surface area contributed by atoms with Crippen LogP contribution < -0.4 is 0 Å². The van der Waals surface area contributed by atoms with Gasteiger partial charge in [0, 0.05) is 25.4 Å². The quantitative estimate of drug-likeness (QED) is 0.391. The smallest absolute Gasteiger partial charge is 0.108 e. The molecule has 6 heteroatoms. The average molecular weight is 496 g/mol. The van der Waals surface area contributed by atoms with Gasteiger partial charge in [0.2, 0.25) is 0 Å². The molecule has 2 heterocycles. The molecule has 0 saturated heterocycles. The van der Waals surface area contributed by atoms with E-state index in [-0.39, 0.29) is 14.2 Å². The number of fused-ring (bicyclic) bond motifs is 1. The van der Waals surface area contributed by atoms with Gasteiger partial charge in [0.1, 0.15) is 5.04 Å². The van der Waals surface area contributed by atoms with Gasteiger partial charge in [-0.05, 0) is 12.1 Å². The fourth-order valence-electron chi connectivity index (χ4n) is 2.85. The van der Waals surface area contributed by atoms with Crippen molar-refractivity contribution in [1.82, 2.24) is 0 Å². The molecule has 0 amide bonds. The Labute approximate surface area is 204 Å². The summed E-state index contributed by atoms with van der Waals surface area (Å²) >= 11 is 9.98. The predicted molar refractivity (Wildman–Crippen MR) is 146 cm³/mol. The van der Waals surface area contributed by atoms with Gasteiger partial charge in [0.05, 0.1) is 18.7 Å². The van der Waals surface area contributed by atoms with Gasteiger partial charge in [-0.2, -0.15) is 0 Å². The van der Waals surface area contributed by atoms with E-state index in [0.717, 1.165) is 5.69 Å². The third-order valence-electron chi connectivity index (χ3n) is 3.79. The second-order valence-electron chi connectivity index (χ2n) is 10.3. The molecular formula is C24H33NS5. The minimum Gasteiger partial charge on any atom is -0.241 e. The summed E-state index contributed by atoms with van der Waals surface area (Å²) in [6.45, 7) is 20.8. The Morgan fingerprint density at radius 3 is 1.87 bits per heavy atom. The Bertz CT molecular complexity index is 908. The Balaban J connectivity index is 2.17. The molecule has 0 radical (unpaired) electrons. The van der Waals surface area contributed by atoms with Gasteiger partial charge in [-0.1, -0.05) is 92.3 Å². The molecule has 0 bridgehead atoms. The lowest BCUT2D eigenvalue weighted by Gasteiger charge is -2.24. The fourth-order valence-corrected chi connectivity index (χ4v) is 11.7. The Morgan fingerprint density at radius 2 is 1.33 bits per heavy atom. The lowest BCUT2D eigenvalue weighted by molar-refractivity contribution is 0.800. The van der Waals surface area contributed by atoms with E-state index >= 15 is 0 Å². The van der Waals surface area contributed by atoms with Crippen LogP contribution in [-0.4, -0.2) is 19.3 Å². The first kappa shape index (κ1) is 24.6. The molecule has 2 aromatic rings. The summed E-state index contributed by atoms with van der Waals surface area (Å²) in [5.41, 5.74) is 3.93. The number of hydrogen-bond donors (Lipinski definition) is 0. The van der Waals surface area contributed by atoms with E-state index in [1.54, 1.807) is 0 Å². The molecule has 1 aliphatic rings. The third kappa shape index (κ3) is 6.74. The lowest BCUT2D eigenvalue weighted by Crippen LogP contribution is -2.10. The molecule has 0 aliphatic carbocycles. The van der Waals surface area contributed by atoms with Crippen molar-refractivity contribution >= 4 is 69.1 Å². The van der Waals surface area contributed by atoms with Crippen molar-refractivity contribution in [1.29, 1.82) is 0 Å². The van der Waals surface area contributed by atoms with Crippen molar-refractivity contribution in [2.75, 3.05) is 0 Å². The molecule has 0 fully saturated rings. The van der Waals surface area contributed by atoms with Crippen molar-refractivity contribution in [3.8, 4) is 0 Å². The van der Waals surface area contributed by atoms with Crippen molar-refractivity contribution < 1.29 is 0 Å². The maximum absolute atomic E-state index is 5.13. The van der Waals surface area contributed by atoms with E-state index in [1.807, 2.05) is 46.6 Å². The first-order valence-electron chi connectivity index (χ1n) is 10.3. The number of nitrogens with zero attached hydrogens (tertiary/aromatic N) is 1. The molecule has 1 aromatic heterocycles. The number of benzene rings is 1. The van der Waals surface area contributed by atoms with Crippen LogP contribution in [0.2, 0.25) is 0 Å². The van der Waals surface area contributed by atoms with Crippen LogP contribution in [0.3, 0.4) is 0 Å². The summed E-state index contributed by atoms with van der Waals surface area (Å²) in [4.78, 5) is 5.13. The lowest BCUT2D eigenvalue weighted by atomic mass is 10.2. The van der Waals surface area contributed by atoms with E-state index in [0.29, 0.717) is 4.58 Å². The first-order valence-corrected chi connectivity index (χ1v) is 14.5. The summed E-state index contributed by atoms with van der Waals surface area (Å²) in [6, 6.07) is 10.4. The van der Waals surface area contributed by atoms with Crippen LogP contribution in [0.5, 0.6) is 0 Å². The summed E-state index contributed by atoms with van der Waals surface area (Å²) in [6.07, 6.45) is 0. The van der Waals surface area contributed by atoms with Gasteiger partial charge in [0.15, 0.2) is 0 Å². The molecule has 1 aromatic carbocycles. The molecule has 1 unspecified atom stereocenters. The molecule has 1 aliphatic heterocycles. The van der Waals surface area contributed by atoms with Crippen LogP contribution >= 0.6 is 58.4 Å². The van der Waals surface area contributed by atoms with Crippen LogP contribution in [0, 0.1) is 0 Å². The van der Waals surface area contributed by atoms with Gasteiger partial charge in [-0.25, -0.2) is 4.99 Å². The van der Waals surface area contributed by atoms with Crippen LogP contribution in [0.15, 0.2) is 43.7 Å². The molecule has 0 spiro atoms. The standard InChI is InChI=1S/C24H33NS5/c1-22(2,3)28-19-16-17(21(27-19)30-24(7,8)9)20(29-23(4,5)6)26-18(16)25-15-13-11-10-12-14-15/h10-14,20H,1-9H3. The molecule has 3 rings (SSSR count). The Hall–Kier alpha value is -0.0100.